The summed E-state index contributed by atoms with van der Waals surface area (Å²) in [5.74, 6) is -0.501. The minimum atomic E-state index is -0.807. The second kappa shape index (κ2) is 9.24. The van der Waals surface area contributed by atoms with Crippen LogP contribution in [-0.4, -0.2) is 78.9 Å². The van der Waals surface area contributed by atoms with Crippen LogP contribution >= 0.6 is 0 Å². The molecule has 0 aromatic carbocycles. The molecule has 4 atom stereocenters. The summed E-state index contributed by atoms with van der Waals surface area (Å²) in [5, 5.41) is 12.3. The number of hydrogen-bond acceptors (Lipinski definition) is 4. The van der Waals surface area contributed by atoms with Crippen molar-refractivity contribution in [3.63, 3.8) is 0 Å². The molecule has 0 radical (unpaired) electrons. The second-order valence-corrected chi connectivity index (χ2v) is 8.26. The number of likely N-dealkylation sites (N-methyl/N-ethyl adjacent to an activating group) is 1. The molecule has 1 saturated carbocycles. The molecule has 4 unspecified atom stereocenters. The van der Waals surface area contributed by atoms with Gasteiger partial charge in [-0.05, 0) is 39.2 Å². The average molecular weight is 384 g/mol. The predicted molar refractivity (Wildman–Crippen MR) is 105 cm³/mol. The van der Waals surface area contributed by atoms with Crippen LogP contribution in [0.15, 0.2) is 0 Å². The smallest absolute Gasteiger partial charge is 0.317 e. The second-order valence-electron chi connectivity index (χ2n) is 8.26. The van der Waals surface area contributed by atoms with Crippen LogP contribution < -0.4 is 5.32 Å². The molecule has 7 heteroatoms. The summed E-state index contributed by atoms with van der Waals surface area (Å²) in [5.41, 5.74) is 0.0138. The van der Waals surface area contributed by atoms with Crippen molar-refractivity contribution in [3.05, 3.63) is 0 Å². The van der Waals surface area contributed by atoms with E-state index >= 15 is 0 Å². The number of rotatable bonds is 7. The lowest BCUT2D eigenvalue weighted by Crippen LogP contribution is -2.70. The maximum absolute atomic E-state index is 12.9. The molecule has 2 aliphatic rings. The third-order valence-electron chi connectivity index (χ3n) is 7.03. The summed E-state index contributed by atoms with van der Waals surface area (Å²) in [6.45, 7) is 7.95. The minimum Gasteiger partial charge on any atom is -0.480 e. The standard InChI is InChI=1S/C20H37N3O4/c1-6-20(7-2)17(14(3)18(20)27-5)21-19(26)23-11-8-9-15(10-12-23)22(4)13-16(24)25/h14-15,17-18H,6-13H2,1-5H3,(H,21,26)(H,24,25). The first-order valence-corrected chi connectivity index (χ1v) is 10.3. The molecule has 156 valence electrons. The van der Waals surface area contributed by atoms with Crippen LogP contribution in [-0.2, 0) is 9.53 Å². The van der Waals surface area contributed by atoms with Gasteiger partial charge in [0.1, 0.15) is 0 Å². The van der Waals surface area contributed by atoms with Crippen molar-refractivity contribution in [2.75, 3.05) is 33.8 Å². The first kappa shape index (κ1) is 22.0. The Morgan fingerprint density at radius 2 is 1.93 bits per heavy atom. The first-order valence-electron chi connectivity index (χ1n) is 10.3. The lowest BCUT2D eigenvalue weighted by molar-refractivity contribution is -0.164. The Kier molecular flexibility index (Phi) is 7.51. The topological polar surface area (TPSA) is 82.1 Å². The van der Waals surface area contributed by atoms with Gasteiger partial charge in [0, 0.05) is 43.6 Å². The van der Waals surface area contributed by atoms with E-state index in [-0.39, 0.29) is 36.2 Å². The van der Waals surface area contributed by atoms with Gasteiger partial charge in [-0.1, -0.05) is 20.8 Å². The van der Waals surface area contributed by atoms with E-state index in [1.807, 2.05) is 16.8 Å². The fraction of sp³-hybridized carbons (Fsp3) is 0.900. The van der Waals surface area contributed by atoms with Crippen molar-refractivity contribution in [1.82, 2.24) is 15.1 Å². The van der Waals surface area contributed by atoms with E-state index in [1.54, 1.807) is 7.11 Å². The van der Waals surface area contributed by atoms with Crippen LogP contribution in [0.4, 0.5) is 4.79 Å². The highest BCUT2D eigenvalue weighted by Gasteiger charge is 2.59. The molecule has 1 saturated heterocycles. The van der Waals surface area contributed by atoms with Crippen molar-refractivity contribution in [2.45, 2.75) is 71.1 Å². The van der Waals surface area contributed by atoms with Gasteiger partial charge >= 0.3 is 12.0 Å². The number of nitrogens with one attached hydrogen (secondary N) is 1. The average Bonchev–Trinajstić information content (AvgIpc) is 2.89. The highest BCUT2D eigenvalue weighted by molar-refractivity contribution is 5.75. The number of amides is 2. The van der Waals surface area contributed by atoms with Crippen molar-refractivity contribution >= 4 is 12.0 Å². The Balaban J connectivity index is 1.95. The van der Waals surface area contributed by atoms with Crippen molar-refractivity contribution in [3.8, 4) is 0 Å². The quantitative estimate of drug-likeness (QED) is 0.705. The van der Waals surface area contributed by atoms with Crippen molar-refractivity contribution in [1.29, 1.82) is 0 Å². The van der Waals surface area contributed by atoms with Gasteiger partial charge in [-0.15, -0.1) is 0 Å². The number of nitrogens with zero attached hydrogens (tertiary/aromatic N) is 2. The minimum absolute atomic E-state index is 0.00853. The lowest BCUT2D eigenvalue weighted by atomic mass is 9.53. The number of hydrogen-bond donors (Lipinski definition) is 2. The van der Waals surface area contributed by atoms with Gasteiger partial charge in [0.25, 0.3) is 0 Å². The van der Waals surface area contributed by atoms with Gasteiger partial charge in [-0.25, -0.2) is 4.79 Å². The molecule has 27 heavy (non-hydrogen) atoms. The van der Waals surface area contributed by atoms with E-state index in [0.717, 1.165) is 38.6 Å². The predicted octanol–water partition coefficient (Wildman–Crippen LogP) is 2.41. The summed E-state index contributed by atoms with van der Waals surface area (Å²) >= 11 is 0. The molecule has 2 rings (SSSR count). The van der Waals surface area contributed by atoms with E-state index in [1.165, 1.54) is 0 Å². The van der Waals surface area contributed by atoms with Gasteiger partial charge in [-0.3, -0.25) is 9.69 Å². The fourth-order valence-electron chi connectivity index (χ4n) is 5.39. The van der Waals surface area contributed by atoms with Crippen molar-refractivity contribution < 1.29 is 19.4 Å². The number of urea groups is 1. The zero-order valence-electron chi connectivity index (χ0n) is 17.5. The maximum Gasteiger partial charge on any atom is 0.317 e. The number of carboxylic acid groups (broad SMARTS) is 1. The Bertz CT molecular complexity index is 523. The van der Waals surface area contributed by atoms with Crippen LogP contribution in [0.2, 0.25) is 0 Å². The molecular formula is C20H37N3O4. The van der Waals surface area contributed by atoms with Crippen LogP contribution in [0.1, 0.15) is 52.9 Å². The first-order chi connectivity index (χ1) is 12.8. The number of ether oxygens (including phenoxy) is 1. The Morgan fingerprint density at radius 3 is 2.48 bits per heavy atom. The van der Waals surface area contributed by atoms with Crippen LogP contribution in [0.3, 0.4) is 0 Å². The molecule has 2 N–H and O–H groups in total. The number of carbonyl (C=O) groups excluding carboxylic acids is 1. The molecule has 1 heterocycles. The van der Waals surface area contributed by atoms with E-state index in [9.17, 15) is 9.59 Å². The highest BCUT2D eigenvalue weighted by Crippen LogP contribution is 2.52. The summed E-state index contributed by atoms with van der Waals surface area (Å²) in [6, 6.07) is 0.359. The SMILES string of the molecule is CCC1(CC)C(NC(=O)N2CCCC(N(C)CC(=O)O)CC2)C(C)C1OC. The highest BCUT2D eigenvalue weighted by atomic mass is 16.5. The Morgan fingerprint density at radius 1 is 1.26 bits per heavy atom. The molecule has 0 spiro atoms. The number of carboxylic acids is 1. The largest absolute Gasteiger partial charge is 0.480 e. The van der Waals surface area contributed by atoms with E-state index in [2.05, 4.69) is 26.1 Å². The number of aliphatic carboxylic acids is 1. The van der Waals surface area contributed by atoms with Gasteiger partial charge < -0.3 is 20.1 Å². The summed E-state index contributed by atoms with van der Waals surface area (Å²) in [7, 11) is 3.62. The molecule has 7 nitrogen and oxygen atoms in total. The Labute approximate surface area is 163 Å². The molecule has 0 aromatic heterocycles. The van der Waals surface area contributed by atoms with Gasteiger partial charge in [0.2, 0.25) is 0 Å². The lowest BCUT2D eigenvalue weighted by Gasteiger charge is -2.59. The van der Waals surface area contributed by atoms with Crippen LogP contribution in [0, 0.1) is 11.3 Å². The fourth-order valence-corrected chi connectivity index (χ4v) is 5.39. The summed E-state index contributed by atoms with van der Waals surface area (Å²) in [4.78, 5) is 27.7. The third kappa shape index (κ3) is 4.40. The molecule has 1 aliphatic heterocycles. The van der Waals surface area contributed by atoms with Gasteiger partial charge in [0.05, 0.1) is 12.6 Å². The molecule has 0 aromatic rings. The monoisotopic (exact) mass is 383 g/mol. The molecular weight excluding hydrogens is 346 g/mol. The molecule has 2 fully saturated rings. The molecule has 0 bridgehead atoms. The molecule has 1 aliphatic carbocycles. The van der Waals surface area contributed by atoms with E-state index in [4.69, 9.17) is 9.84 Å². The zero-order valence-corrected chi connectivity index (χ0v) is 17.5. The normalized spacial score (nSPS) is 30.5. The summed E-state index contributed by atoms with van der Waals surface area (Å²) < 4.78 is 5.73. The van der Waals surface area contributed by atoms with Crippen molar-refractivity contribution in [2.24, 2.45) is 11.3 Å². The Hall–Kier alpha value is -1.34. The zero-order chi connectivity index (χ0) is 20.2. The van der Waals surface area contributed by atoms with Crippen LogP contribution in [0.5, 0.6) is 0 Å². The van der Waals surface area contributed by atoms with E-state index < -0.39 is 5.97 Å². The van der Waals surface area contributed by atoms with Gasteiger partial charge in [-0.2, -0.15) is 0 Å². The van der Waals surface area contributed by atoms with Crippen LogP contribution in [0.25, 0.3) is 0 Å². The summed E-state index contributed by atoms with van der Waals surface area (Å²) in [6.07, 6.45) is 4.79. The number of methoxy groups -OCH3 is 1. The van der Waals surface area contributed by atoms with E-state index in [0.29, 0.717) is 12.5 Å². The third-order valence-corrected chi connectivity index (χ3v) is 7.03. The maximum atomic E-state index is 12.9. The van der Waals surface area contributed by atoms with Gasteiger partial charge in [0.15, 0.2) is 0 Å². The number of carbonyl (C=O) groups is 2. The molecule has 2 amide bonds. The number of likely N-dealkylation sites (tertiary alicyclic amines) is 1.